The van der Waals surface area contributed by atoms with Crippen molar-refractivity contribution < 1.29 is 88.3 Å². The second-order valence-electron chi connectivity index (χ2n) is 10.5. The standard InChI is InChI=1S/C23H36O18/c1-6-10(25)18(30)35-7(2)15(6)38-20-14(29)17(39-19-13(28)12(27)11(26)8(4-24)36-19)16-9(37-20)5-34-23(3,41-16)21(31)40-22(32)33/h6-20,24-30H,4-5H2,1-3H3,(H,32,33)/t6-,7-,8+,9+,10+,11+,12-,13-,14+,15+,16-,17+,18+,19-,20-,23+/m0/s1. The van der Waals surface area contributed by atoms with Gasteiger partial charge in [0, 0.05) is 12.8 Å². The molecule has 0 radical (unpaired) electrons. The molecule has 236 valence electrons. The third-order valence-electron chi connectivity index (χ3n) is 7.65. The minimum Gasteiger partial charge on any atom is -0.449 e. The molecule has 0 bridgehead atoms. The van der Waals surface area contributed by atoms with Gasteiger partial charge in [-0.15, -0.1) is 0 Å². The molecule has 4 fully saturated rings. The van der Waals surface area contributed by atoms with Crippen LogP contribution in [0.1, 0.15) is 20.8 Å². The number of ether oxygens (including phenoxy) is 8. The van der Waals surface area contributed by atoms with Gasteiger partial charge >= 0.3 is 12.1 Å². The molecule has 8 N–H and O–H groups in total. The third-order valence-corrected chi connectivity index (χ3v) is 7.65. The Hall–Kier alpha value is -1.62. The number of aliphatic hydroxyl groups is 7. The van der Waals surface area contributed by atoms with Crippen molar-refractivity contribution in [3.05, 3.63) is 0 Å². The fourth-order valence-corrected chi connectivity index (χ4v) is 5.24. The van der Waals surface area contributed by atoms with Crippen molar-refractivity contribution in [3.63, 3.8) is 0 Å². The van der Waals surface area contributed by atoms with Crippen molar-refractivity contribution >= 4 is 12.1 Å². The average Bonchev–Trinajstić information content (AvgIpc) is 2.91. The largest absolute Gasteiger partial charge is 0.513 e. The molecule has 0 saturated carbocycles. The van der Waals surface area contributed by atoms with Gasteiger partial charge in [0.2, 0.25) is 0 Å². The number of aliphatic hydroxyl groups excluding tert-OH is 7. The summed E-state index contributed by atoms with van der Waals surface area (Å²) >= 11 is 0. The second-order valence-corrected chi connectivity index (χ2v) is 10.5. The summed E-state index contributed by atoms with van der Waals surface area (Å²) in [5.41, 5.74) is 0. The highest BCUT2D eigenvalue weighted by Crippen LogP contribution is 2.38. The predicted molar refractivity (Wildman–Crippen MR) is 123 cm³/mol. The topological polar surface area (TPSA) is 270 Å². The summed E-state index contributed by atoms with van der Waals surface area (Å²) < 4.78 is 43.6. The van der Waals surface area contributed by atoms with E-state index in [4.69, 9.17) is 38.3 Å². The number of hydrogen-bond acceptors (Lipinski definition) is 17. The molecule has 0 aromatic carbocycles. The second kappa shape index (κ2) is 12.5. The van der Waals surface area contributed by atoms with E-state index in [0.717, 1.165) is 6.92 Å². The van der Waals surface area contributed by atoms with Gasteiger partial charge in [-0.25, -0.2) is 9.59 Å². The van der Waals surface area contributed by atoms with E-state index in [1.54, 1.807) is 13.8 Å². The fraction of sp³-hybridized carbons (Fsp3) is 0.913. The van der Waals surface area contributed by atoms with Crippen LogP contribution in [-0.2, 0) is 42.7 Å². The van der Waals surface area contributed by atoms with Crippen LogP contribution in [0.3, 0.4) is 0 Å². The number of esters is 1. The van der Waals surface area contributed by atoms with Crippen molar-refractivity contribution in [3.8, 4) is 0 Å². The predicted octanol–water partition coefficient (Wildman–Crippen LogP) is -4.27. The van der Waals surface area contributed by atoms with E-state index in [1.165, 1.54) is 0 Å². The number of carboxylic acid groups (broad SMARTS) is 1. The van der Waals surface area contributed by atoms with Crippen LogP contribution < -0.4 is 0 Å². The summed E-state index contributed by atoms with van der Waals surface area (Å²) in [6, 6.07) is 0. The van der Waals surface area contributed by atoms with Crippen LogP contribution in [0.15, 0.2) is 0 Å². The van der Waals surface area contributed by atoms with Gasteiger partial charge in [0.1, 0.15) is 54.9 Å². The van der Waals surface area contributed by atoms with Crippen LogP contribution in [0.5, 0.6) is 0 Å². The number of carbonyl (C=O) groups excluding carboxylic acids is 1. The average molecular weight is 601 g/mol. The minimum atomic E-state index is -2.31. The van der Waals surface area contributed by atoms with Crippen LogP contribution in [0.4, 0.5) is 4.79 Å². The monoisotopic (exact) mass is 600 g/mol. The van der Waals surface area contributed by atoms with Crippen LogP contribution >= 0.6 is 0 Å². The Kier molecular flexibility index (Phi) is 9.88. The number of carbonyl (C=O) groups is 2. The van der Waals surface area contributed by atoms with Gasteiger partial charge in [0.15, 0.2) is 18.9 Å². The lowest BCUT2D eigenvalue weighted by molar-refractivity contribution is -0.412. The lowest BCUT2D eigenvalue weighted by atomic mass is 9.90. The lowest BCUT2D eigenvalue weighted by Crippen LogP contribution is -2.69. The Morgan fingerprint density at radius 2 is 1.49 bits per heavy atom. The van der Waals surface area contributed by atoms with E-state index >= 15 is 0 Å². The summed E-state index contributed by atoms with van der Waals surface area (Å²) in [5, 5.41) is 80.7. The number of fused-ring (bicyclic) bond motifs is 1. The molecule has 4 heterocycles. The van der Waals surface area contributed by atoms with Gasteiger partial charge in [-0.05, 0) is 6.92 Å². The first kappa shape index (κ1) is 32.3. The fourth-order valence-electron chi connectivity index (χ4n) is 5.24. The first-order valence-corrected chi connectivity index (χ1v) is 12.9. The minimum absolute atomic E-state index is 0.440. The molecule has 0 aliphatic carbocycles. The molecule has 18 nitrogen and oxygen atoms in total. The quantitative estimate of drug-likeness (QED) is 0.106. The van der Waals surface area contributed by atoms with Gasteiger partial charge in [0.05, 0.1) is 25.4 Å². The van der Waals surface area contributed by atoms with Gasteiger partial charge < -0.3 is 78.7 Å². The molecule has 0 unspecified atom stereocenters. The molecular weight excluding hydrogens is 564 g/mol. The third kappa shape index (κ3) is 6.36. The Morgan fingerprint density at radius 3 is 2.12 bits per heavy atom. The van der Waals surface area contributed by atoms with Gasteiger partial charge in [-0.3, -0.25) is 0 Å². The molecule has 0 amide bonds. The van der Waals surface area contributed by atoms with Crippen molar-refractivity contribution in [1.82, 2.24) is 0 Å². The number of hydrogen-bond donors (Lipinski definition) is 8. The van der Waals surface area contributed by atoms with E-state index in [-0.39, 0.29) is 0 Å². The highest BCUT2D eigenvalue weighted by molar-refractivity contribution is 5.86. The molecule has 41 heavy (non-hydrogen) atoms. The lowest BCUT2D eigenvalue weighted by Gasteiger charge is -2.52. The summed E-state index contributed by atoms with van der Waals surface area (Å²) in [7, 11) is 0. The van der Waals surface area contributed by atoms with Gasteiger partial charge in [0.25, 0.3) is 5.79 Å². The molecule has 0 aromatic heterocycles. The first-order chi connectivity index (χ1) is 19.2. The highest BCUT2D eigenvalue weighted by Gasteiger charge is 2.58. The SMILES string of the molecule is C[C@H]1[C@@H](O)[C@H](O)O[C@@H](C)[C@@H]1O[C@@H]1O[C@@H]2CO[C@@](C)(C(=O)OC(=O)O)O[C@@H]2[C@H](O[C@@H]2O[C@H](CO)[C@@H](O)[C@H](O)[C@@H]2O)[C@H]1O. The van der Waals surface area contributed by atoms with E-state index in [9.17, 15) is 45.3 Å². The highest BCUT2D eigenvalue weighted by atomic mass is 16.8. The zero-order valence-corrected chi connectivity index (χ0v) is 22.2. The maximum Gasteiger partial charge on any atom is 0.513 e. The summed E-state index contributed by atoms with van der Waals surface area (Å²) in [5.74, 6) is -4.47. The Balaban J connectivity index is 1.61. The summed E-state index contributed by atoms with van der Waals surface area (Å²) in [6.45, 7) is 2.98. The van der Waals surface area contributed by atoms with E-state index in [1.807, 2.05) is 0 Å². The maximum absolute atomic E-state index is 12.4. The van der Waals surface area contributed by atoms with E-state index in [2.05, 4.69) is 4.74 Å². The van der Waals surface area contributed by atoms with Gasteiger partial charge in [-0.2, -0.15) is 0 Å². The number of rotatable bonds is 6. The van der Waals surface area contributed by atoms with E-state index < -0.39 is 123 Å². The summed E-state index contributed by atoms with van der Waals surface area (Å²) in [6.07, 6.45) is -22.5. The Bertz CT molecular complexity index is 934. The first-order valence-electron chi connectivity index (χ1n) is 12.9. The van der Waals surface area contributed by atoms with E-state index in [0.29, 0.717) is 0 Å². The zero-order chi connectivity index (χ0) is 30.4. The zero-order valence-electron chi connectivity index (χ0n) is 22.2. The van der Waals surface area contributed by atoms with Crippen LogP contribution in [0.25, 0.3) is 0 Å². The molecule has 18 heteroatoms. The maximum atomic E-state index is 12.4. The molecule has 4 saturated heterocycles. The smallest absolute Gasteiger partial charge is 0.449 e. The molecule has 4 rings (SSSR count). The molecule has 0 spiro atoms. The van der Waals surface area contributed by atoms with Crippen LogP contribution in [-0.4, -0.2) is 158 Å². The van der Waals surface area contributed by atoms with Gasteiger partial charge in [-0.1, -0.05) is 6.92 Å². The molecule has 4 aliphatic rings. The molecule has 16 atom stereocenters. The Labute approximate surface area is 232 Å². The van der Waals surface area contributed by atoms with Crippen molar-refractivity contribution in [2.24, 2.45) is 5.92 Å². The normalized spacial score (nSPS) is 50.5. The van der Waals surface area contributed by atoms with Crippen LogP contribution in [0.2, 0.25) is 0 Å². The van der Waals surface area contributed by atoms with Crippen molar-refractivity contribution in [2.45, 2.75) is 113 Å². The Morgan fingerprint density at radius 1 is 0.854 bits per heavy atom. The summed E-state index contributed by atoms with van der Waals surface area (Å²) in [4.78, 5) is 23.3. The molecular formula is C23H36O18. The van der Waals surface area contributed by atoms with Crippen molar-refractivity contribution in [2.75, 3.05) is 13.2 Å². The van der Waals surface area contributed by atoms with Crippen molar-refractivity contribution in [1.29, 1.82) is 0 Å². The molecule has 0 aromatic rings. The molecule has 4 aliphatic heterocycles. The van der Waals surface area contributed by atoms with Crippen LogP contribution in [0, 0.1) is 5.92 Å².